The third-order valence-electron chi connectivity index (χ3n) is 2.32. The summed E-state index contributed by atoms with van der Waals surface area (Å²) in [6.45, 7) is 0. The Labute approximate surface area is 113 Å². The molecule has 1 aromatic carbocycles. The molecule has 0 aliphatic rings. The van der Waals surface area contributed by atoms with Gasteiger partial charge in [-0.3, -0.25) is 0 Å². The van der Waals surface area contributed by atoms with Gasteiger partial charge in [-0.2, -0.15) is 0 Å². The van der Waals surface area contributed by atoms with Crippen LogP contribution in [0, 0.1) is 0 Å². The van der Waals surface area contributed by atoms with Gasteiger partial charge in [-0.15, -0.1) is 11.8 Å². The lowest BCUT2D eigenvalue weighted by Crippen LogP contribution is -1.97. The van der Waals surface area contributed by atoms with E-state index in [1.807, 2.05) is 6.07 Å². The van der Waals surface area contributed by atoms with E-state index in [1.54, 1.807) is 12.1 Å². The van der Waals surface area contributed by atoms with Gasteiger partial charge in [-0.1, -0.05) is 11.6 Å². The number of carboxylic acids is 1. The van der Waals surface area contributed by atoms with Crippen molar-refractivity contribution in [3.63, 3.8) is 0 Å². The fraction of sp³-hybridized carbons (Fsp3) is 0.0833. The summed E-state index contributed by atoms with van der Waals surface area (Å²) in [5.74, 6) is -0.135. The normalized spacial score (nSPS) is 10.5. The van der Waals surface area contributed by atoms with Crippen LogP contribution in [0.5, 0.6) is 0 Å². The number of carbonyl (C=O) groups is 1. The summed E-state index contributed by atoms with van der Waals surface area (Å²) < 4.78 is 5.14. The molecule has 0 aliphatic carbocycles. The van der Waals surface area contributed by atoms with Gasteiger partial charge in [0.15, 0.2) is 0 Å². The Morgan fingerprint density at radius 1 is 1.44 bits per heavy atom. The quantitative estimate of drug-likeness (QED) is 0.663. The molecule has 0 radical (unpaired) electrons. The molecule has 18 heavy (non-hydrogen) atoms. The molecule has 6 heteroatoms. The van der Waals surface area contributed by atoms with Crippen LogP contribution in [0.25, 0.3) is 0 Å². The first-order chi connectivity index (χ1) is 8.58. The molecule has 1 heterocycles. The molecular formula is C12H10ClNO3S. The summed E-state index contributed by atoms with van der Waals surface area (Å²) >= 11 is 7.34. The molecule has 0 unspecified atom stereocenters. The minimum atomic E-state index is -0.991. The first kappa shape index (κ1) is 12.9. The number of carboxylic acid groups (broad SMARTS) is 1. The predicted octanol–water partition coefficient (Wildman–Crippen LogP) is 3.51. The summed E-state index contributed by atoms with van der Waals surface area (Å²) in [7, 11) is 0. The van der Waals surface area contributed by atoms with Crippen LogP contribution in [-0.2, 0) is 5.75 Å². The monoisotopic (exact) mass is 283 g/mol. The number of benzene rings is 1. The van der Waals surface area contributed by atoms with E-state index in [2.05, 4.69) is 0 Å². The van der Waals surface area contributed by atoms with Crippen molar-refractivity contribution in [1.29, 1.82) is 0 Å². The van der Waals surface area contributed by atoms with Crippen molar-refractivity contribution in [2.75, 3.05) is 5.73 Å². The van der Waals surface area contributed by atoms with Crippen LogP contribution in [0.2, 0.25) is 5.02 Å². The number of anilines is 1. The molecule has 0 fully saturated rings. The van der Waals surface area contributed by atoms with Crippen LogP contribution in [0.1, 0.15) is 16.1 Å². The molecule has 2 aromatic rings. The third-order valence-corrected chi connectivity index (χ3v) is 3.64. The molecule has 0 spiro atoms. The van der Waals surface area contributed by atoms with E-state index in [4.69, 9.17) is 26.9 Å². The van der Waals surface area contributed by atoms with Gasteiger partial charge in [0, 0.05) is 4.90 Å². The Balaban J connectivity index is 2.09. The lowest BCUT2D eigenvalue weighted by atomic mass is 10.3. The van der Waals surface area contributed by atoms with Crippen molar-refractivity contribution in [3.8, 4) is 0 Å². The second-order valence-electron chi connectivity index (χ2n) is 3.53. The van der Waals surface area contributed by atoms with E-state index < -0.39 is 5.97 Å². The van der Waals surface area contributed by atoms with Gasteiger partial charge in [0.05, 0.1) is 22.7 Å². The number of nitrogen functional groups attached to an aromatic ring is 1. The SMILES string of the molecule is Nc1ccc(SCc2occc2C(=O)O)cc1Cl. The number of aromatic carboxylic acids is 1. The van der Waals surface area contributed by atoms with Gasteiger partial charge in [0.1, 0.15) is 11.3 Å². The third kappa shape index (κ3) is 2.80. The summed E-state index contributed by atoms with van der Waals surface area (Å²) in [5.41, 5.74) is 6.31. The molecule has 94 valence electrons. The maximum Gasteiger partial charge on any atom is 0.339 e. The Hall–Kier alpha value is -1.59. The molecule has 2 rings (SSSR count). The van der Waals surface area contributed by atoms with Crippen LogP contribution in [0.3, 0.4) is 0 Å². The zero-order valence-electron chi connectivity index (χ0n) is 9.22. The smallest absolute Gasteiger partial charge is 0.339 e. The number of hydrogen-bond acceptors (Lipinski definition) is 4. The predicted molar refractivity (Wildman–Crippen MR) is 71.1 cm³/mol. The maximum absolute atomic E-state index is 10.9. The minimum absolute atomic E-state index is 0.184. The Bertz CT molecular complexity index is 582. The van der Waals surface area contributed by atoms with Crippen LogP contribution in [0.4, 0.5) is 5.69 Å². The van der Waals surface area contributed by atoms with Crippen molar-refractivity contribution >= 4 is 35.0 Å². The van der Waals surface area contributed by atoms with Gasteiger partial charge in [-0.25, -0.2) is 4.79 Å². The Morgan fingerprint density at radius 2 is 2.22 bits per heavy atom. The van der Waals surface area contributed by atoms with Gasteiger partial charge >= 0.3 is 5.97 Å². The molecule has 0 amide bonds. The topological polar surface area (TPSA) is 76.5 Å². The second-order valence-corrected chi connectivity index (χ2v) is 4.99. The van der Waals surface area contributed by atoms with E-state index in [0.717, 1.165) is 4.90 Å². The van der Waals surface area contributed by atoms with Crippen LogP contribution in [-0.4, -0.2) is 11.1 Å². The summed E-state index contributed by atoms with van der Waals surface area (Å²) in [6, 6.07) is 6.72. The maximum atomic E-state index is 10.9. The average Bonchev–Trinajstić information content (AvgIpc) is 2.79. The molecular weight excluding hydrogens is 274 g/mol. The van der Waals surface area contributed by atoms with E-state index in [0.29, 0.717) is 22.2 Å². The zero-order valence-corrected chi connectivity index (χ0v) is 10.8. The largest absolute Gasteiger partial charge is 0.478 e. The van der Waals surface area contributed by atoms with Crippen molar-refractivity contribution < 1.29 is 14.3 Å². The molecule has 0 atom stereocenters. The zero-order chi connectivity index (χ0) is 13.1. The average molecular weight is 284 g/mol. The molecule has 0 saturated carbocycles. The number of rotatable bonds is 4. The number of furan rings is 1. The van der Waals surface area contributed by atoms with E-state index in [-0.39, 0.29) is 5.56 Å². The number of thioether (sulfide) groups is 1. The number of nitrogens with two attached hydrogens (primary N) is 1. The number of halogens is 1. The van der Waals surface area contributed by atoms with Gasteiger partial charge in [-0.05, 0) is 24.3 Å². The highest BCUT2D eigenvalue weighted by atomic mass is 35.5. The fourth-order valence-electron chi connectivity index (χ4n) is 1.39. The van der Waals surface area contributed by atoms with Crippen molar-refractivity contribution in [2.45, 2.75) is 10.6 Å². The van der Waals surface area contributed by atoms with Gasteiger partial charge < -0.3 is 15.3 Å². The summed E-state index contributed by atoms with van der Waals surface area (Å²) in [5, 5.41) is 9.41. The van der Waals surface area contributed by atoms with Crippen molar-refractivity contribution in [1.82, 2.24) is 0 Å². The molecule has 3 N–H and O–H groups in total. The Kier molecular flexibility index (Phi) is 3.84. The highest BCUT2D eigenvalue weighted by molar-refractivity contribution is 7.98. The summed E-state index contributed by atoms with van der Waals surface area (Å²) in [4.78, 5) is 11.8. The molecule has 4 nitrogen and oxygen atoms in total. The lowest BCUT2D eigenvalue weighted by Gasteiger charge is -2.03. The standard InChI is InChI=1S/C12H10ClNO3S/c13-9-5-7(1-2-10(9)14)18-6-11-8(12(15)16)3-4-17-11/h1-5H,6,14H2,(H,15,16). The highest BCUT2D eigenvalue weighted by Gasteiger charge is 2.13. The molecule has 0 bridgehead atoms. The lowest BCUT2D eigenvalue weighted by molar-refractivity contribution is 0.0695. The van der Waals surface area contributed by atoms with Gasteiger partial charge in [0.25, 0.3) is 0 Å². The molecule has 1 aromatic heterocycles. The first-order valence-corrected chi connectivity index (χ1v) is 6.42. The highest BCUT2D eigenvalue weighted by Crippen LogP contribution is 2.29. The van der Waals surface area contributed by atoms with Crippen LogP contribution >= 0.6 is 23.4 Å². The fourth-order valence-corrected chi connectivity index (χ4v) is 2.52. The van der Waals surface area contributed by atoms with E-state index >= 15 is 0 Å². The molecule has 0 aliphatic heterocycles. The van der Waals surface area contributed by atoms with Crippen molar-refractivity contribution in [2.24, 2.45) is 0 Å². The summed E-state index contributed by atoms with van der Waals surface area (Å²) in [6.07, 6.45) is 1.37. The van der Waals surface area contributed by atoms with E-state index in [1.165, 1.54) is 24.1 Å². The molecule has 0 saturated heterocycles. The minimum Gasteiger partial charge on any atom is -0.478 e. The van der Waals surface area contributed by atoms with Crippen LogP contribution in [0.15, 0.2) is 39.8 Å². The first-order valence-electron chi connectivity index (χ1n) is 5.05. The number of hydrogen-bond donors (Lipinski definition) is 2. The van der Waals surface area contributed by atoms with Crippen LogP contribution < -0.4 is 5.73 Å². The van der Waals surface area contributed by atoms with Gasteiger partial charge in [0.2, 0.25) is 0 Å². The van der Waals surface area contributed by atoms with E-state index in [9.17, 15) is 4.79 Å². The Morgan fingerprint density at radius 3 is 2.89 bits per heavy atom. The second kappa shape index (κ2) is 5.37. The van der Waals surface area contributed by atoms with Crippen molar-refractivity contribution in [3.05, 3.63) is 46.9 Å².